The number of benzene rings is 2. The average molecular weight is 541 g/mol. The van der Waals surface area contributed by atoms with Crippen LogP contribution < -0.4 is 25.0 Å². The van der Waals surface area contributed by atoms with Gasteiger partial charge in [0.15, 0.2) is 5.96 Å². The Morgan fingerprint density at radius 2 is 1.94 bits per heavy atom. The predicted molar refractivity (Wildman–Crippen MR) is 132 cm³/mol. The van der Waals surface area contributed by atoms with Gasteiger partial charge in [-0.15, -0.1) is 24.0 Å². The molecule has 0 bridgehead atoms. The van der Waals surface area contributed by atoms with Crippen LogP contribution in [0.5, 0.6) is 11.5 Å². The molecule has 0 saturated carbocycles. The number of nitrogens with one attached hydrogen (secondary N) is 2. The van der Waals surface area contributed by atoms with Crippen LogP contribution in [0, 0.1) is 10.1 Å². The van der Waals surface area contributed by atoms with Gasteiger partial charge in [0, 0.05) is 68.7 Å². The molecule has 0 radical (unpaired) electrons. The van der Waals surface area contributed by atoms with Crippen molar-refractivity contribution in [3.8, 4) is 11.5 Å². The smallest absolute Gasteiger partial charge is 0.269 e. The van der Waals surface area contributed by atoms with Crippen molar-refractivity contribution >= 4 is 41.3 Å². The van der Waals surface area contributed by atoms with Crippen molar-refractivity contribution in [2.75, 3.05) is 39.3 Å². The number of aliphatic imine (C=N–C) groups is 1. The maximum atomic E-state index is 10.9. The highest BCUT2D eigenvalue weighted by atomic mass is 127. The van der Waals surface area contributed by atoms with E-state index in [1.807, 2.05) is 24.3 Å². The van der Waals surface area contributed by atoms with Crippen LogP contribution in [-0.2, 0) is 6.54 Å². The monoisotopic (exact) mass is 541 g/mol. The first-order valence-corrected chi connectivity index (χ1v) is 9.71. The topological polar surface area (TPSA) is 101 Å². The van der Waals surface area contributed by atoms with E-state index in [1.54, 1.807) is 33.4 Å². The van der Waals surface area contributed by atoms with E-state index in [2.05, 4.69) is 20.5 Å². The van der Waals surface area contributed by atoms with Gasteiger partial charge in [-0.25, -0.2) is 0 Å². The van der Waals surface area contributed by atoms with Crippen molar-refractivity contribution in [1.82, 2.24) is 10.6 Å². The number of ether oxygens (including phenoxy) is 2. The second-order valence-electron chi connectivity index (χ2n) is 7.00. The minimum atomic E-state index is -0.392. The van der Waals surface area contributed by atoms with Crippen LogP contribution in [0.3, 0.4) is 0 Å². The highest BCUT2D eigenvalue weighted by Crippen LogP contribution is 2.30. The molecule has 0 amide bonds. The molecule has 2 aromatic carbocycles. The molecule has 1 fully saturated rings. The van der Waals surface area contributed by atoms with Gasteiger partial charge in [0.05, 0.1) is 19.1 Å². The first-order valence-electron chi connectivity index (χ1n) is 9.71. The molecule has 168 valence electrons. The Labute approximate surface area is 199 Å². The third-order valence-corrected chi connectivity index (χ3v) is 5.04. The lowest BCUT2D eigenvalue weighted by atomic mass is 10.2. The lowest BCUT2D eigenvalue weighted by Gasteiger charge is -2.21. The van der Waals surface area contributed by atoms with Crippen LogP contribution in [0.2, 0.25) is 0 Å². The van der Waals surface area contributed by atoms with Gasteiger partial charge in [-0.2, -0.15) is 0 Å². The molecule has 1 unspecified atom stereocenters. The van der Waals surface area contributed by atoms with Gasteiger partial charge in [0.1, 0.15) is 11.5 Å². The van der Waals surface area contributed by atoms with Crippen LogP contribution in [0.25, 0.3) is 0 Å². The minimum Gasteiger partial charge on any atom is -0.497 e. The van der Waals surface area contributed by atoms with Crippen molar-refractivity contribution in [2.24, 2.45) is 4.99 Å². The van der Waals surface area contributed by atoms with E-state index in [-0.39, 0.29) is 35.7 Å². The van der Waals surface area contributed by atoms with Crippen LogP contribution >= 0.6 is 24.0 Å². The molecule has 31 heavy (non-hydrogen) atoms. The molecule has 1 atom stereocenters. The third kappa shape index (κ3) is 6.61. The summed E-state index contributed by atoms with van der Waals surface area (Å²) in [5.74, 6) is 2.18. The number of rotatable bonds is 7. The first kappa shape index (κ1) is 24.5. The number of non-ortho nitro benzene ring substituents is 1. The standard InChI is InChI=1S/C21H27N5O4.HI/c1-22-21(23-13-15-5-4-6-17(9-15)26(27)28)24-16-7-8-25(14-16)18-10-19(29-2)12-20(11-18)30-3;/h4-6,9-12,16H,7-8,13-14H2,1-3H3,(H2,22,23,24);1H. The molecule has 1 saturated heterocycles. The third-order valence-electron chi connectivity index (χ3n) is 5.04. The Balaban J connectivity index is 0.00000341. The summed E-state index contributed by atoms with van der Waals surface area (Å²) in [5.41, 5.74) is 1.95. The SMILES string of the molecule is CN=C(NCc1cccc([N+](=O)[O-])c1)NC1CCN(c2cc(OC)cc(OC)c2)C1.I. The summed E-state index contributed by atoms with van der Waals surface area (Å²) in [7, 11) is 5.00. The fraction of sp³-hybridized carbons (Fsp3) is 0.381. The van der Waals surface area contributed by atoms with Gasteiger partial charge in [-0.05, 0) is 12.0 Å². The molecule has 0 spiro atoms. The van der Waals surface area contributed by atoms with Crippen molar-refractivity contribution in [3.63, 3.8) is 0 Å². The molecule has 1 aliphatic rings. The Hall–Kier alpha value is -2.76. The van der Waals surface area contributed by atoms with E-state index in [9.17, 15) is 10.1 Å². The van der Waals surface area contributed by atoms with Crippen LogP contribution in [0.15, 0.2) is 47.5 Å². The molecule has 1 heterocycles. The predicted octanol–water partition coefficient (Wildman–Crippen LogP) is 3.17. The molecule has 9 nitrogen and oxygen atoms in total. The van der Waals surface area contributed by atoms with Crippen molar-refractivity contribution in [3.05, 3.63) is 58.1 Å². The number of nitro groups is 1. The molecule has 2 aromatic rings. The summed E-state index contributed by atoms with van der Waals surface area (Å²) in [6.07, 6.45) is 0.955. The number of methoxy groups -OCH3 is 2. The van der Waals surface area contributed by atoms with E-state index in [0.29, 0.717) is 12.5 Å². The summed E-state index contributed by atoms with van der Waals surface area (Å²) < 4.78 is 10.7. The largest absolute Gasteiger partial charge is 0.497 e. The Morgan fingerprint density at radius 1 is 1.23 bits per heavy atom. The minimum absolute atomic E-state index is 0. The lowest BCUT2D eigenvalue weighted by molar-refractivity contribution is -0.384. The normalized spacial score (nSPS) is 15.8. The summed E-state index contributed by atoms with van der Waals surface area (Å²) >= 11 is 0. The zero-order valence-corrected chi connectivity index (χ0v) is 20.2. The van der Waals surface area contributed by atoms with Gasteiger partial charge in [-0.3, -0.25) is 15.1 Å². The number of anilines is 1. The zero-order chi connectivity index (χ0) is 21.5. The molecular weight excluding hydrogens is 513 g/mol. The van der Waals surface area contributed by atoms with Crippen LogP contribution in [0.4, 0.5) is 11.4 Å². The maximum absolute atomic E-state index is 10.9. The van der Waals surface area contributed by atoms with Gasteiger partial charge < -0.3 is 25.0 Å². The van der Waals surface area contributed by atoms with Crippen molar-refractivity contribution in [2.45, 2.75) is 19.0 Å². The highest BCUT2D eigenvalue weighted by molar-refractivity contribution is 14.0. The Morgan fingerprint density at radius 3 is 2.55 bits per heavy atom. The van der Waals surface area contributed by atoms with Gasteiger partial charge >= 0.3 is 0 Å². The number of hydrogen-bond acceptors (Lipinski definition) is 6. The molecule has 3 rings (SSSR count). The van der Waals surface area contributed by atoms with E-state index in [1.165, 1.54) is 6.07 Å². The maximum Gasteiger partial charge on any atom is 0.269 e. The number of nitro benzene ring substituents is 1. The van der Waals surface area contributed by atoms with Crippen molar-refractivity contribution < 1.29 is 14.4 Å². The highest BCUT2D eigenvalue weighted by Gasteiger charge is 2.24. The second kappa shape index (κ2) is 11.6. The molecule has 0 aromatic heterocycles. The number of hydrogen-bond donors (Lipinski definition) is 2. The fourth-order valence-electron chi connectivity index (χ4n) is 3.44. The van der Waals surface area contributed by atoms with E-state index in [4.69, 9.17) is 9.47 Å². The summed E-state index contributed by atoms with van der Waals surface area (Å²) in [6, 6.07) is 12.7. The Kier molecular flexibility index (Phi) is 9.16. The van der Waals surface area contributed by atoms with E-state index < -0.39 is 4.92 Å². The number of nitrogens with zero attached hydrogens (tertiary/aromatic N) is 3. The average Bonchev–Trinajstić information content (AvgIpc) is 3.25. The summed E-state index contributed by atoms with van der Waals surface area (Å²) in [5, 5.41) is 17.6. The van der Waals surface area contributed by atoms with Gasteiger partial charge in [0.25, 0.3) is 5.69 Å². The lowest BCUT2D eigenvalue weighted by Crippen LogP contribution is -2.44. The fourth-order valence-corrected chi connectivity index (χ4v) is 3.44. The zero-order valence-electron chi connectivity index (χ0n) is 17.8. The van der Waals surface area contributed by atoms with Crippen molar-refractivity contribution in [1.29, 1.82) is 0 Å². The Bertz CT molecular complexity index is 902. The first-order chi connectivity index (χ1) is 14.5. The van der Waals surface area contributed by atoms with Crippen LogP contribution in [-0.4, -0.2) is 51.3 Å². The molecule has 1 aliphatic heterocycles. The van der Waals surface area contributed by atoms with Gasteiger partial charge in [0.2, 0.25) is 0 Å². The number of halogens is 1. The molecule has 0 aliphatic carbocycles. The molecular formula is C21H28IN5O4. The molecule has 2 N–H and O–H groups in total. The second-order valence-corrected chi connectivity index (χ2v) is 7.00. The van der Waals surface area contributed by atoms with E-state index in [0.717, 1.165) is 42.3 Å². The van der Waals surface area contributed by atoms with Gasteiger partial charge in [-0.1, -0.05) is 12.1 Å². The summed E-state index contributed by atoms with van der Waals surface area (Å²) in [6.45, 7) is 2.16. The van der Waals surface area contributed by atoms with E-state index >= 15 is 0 Å². The van der Waals surface area contributed by atoms with Crippen LogP contribution in [0.1, 0.15) is 12.0 Å². The quantitative estimate of drug-likeness (QED) is 0.183. The molecule has 10 heteroatoms. The number of guanidine groups is 1. The summed E-state index contributed by atoms with van der Waals surface area (Å²) in [4.78, 5) is 17.1.